The zero-order valence-electron chi connectivity index (χ0n) is 9.27. The van der Waals surface area contributed by atoms with Gasteiger partial charge in [-0.05, 0) is 25.1 Å². The third kappa shape index (κ3) is 2.33. The Morgan fingerprint density at radius 2 is 2.31 bits per heavy atom. The van der Waals surface area contributed by atoms with Crippen molar-refractivity contribution in [2.75, 3.05) is 11.9 Å². The molecule has 3 nitrogen and oxygen atoms in total. The van der Waals surface area contributed by atoms with Gasteiger partial charge in [0.1, 0.15) is 11.5 Å². The highest BCUT2D eigenvalue weighted by Gasteiger charge is 2.07. The van der Waals surface area contributed by atoms with E-state index in [9.17, 15) is 4.79 Å². The first-order chi connectivity index (χ1) is 7.69. The number of carbonyl (C=O) groups is 1. The number of thiophene rings is 1. The summed E-state index contributed by atoms with van der Waals surface area (Å²) in [6, 6.07) is 5.81. The zero-order chi connectivity index (χ0) is 11.5. The van der Waals surface area contributed by atoms with Crippen molar-refractivity contribution >= 4 is 23.3 Å². The smallest absolute Gasteiger partial charge is 0.160 e. The lowest BCUT2D eigenvalue weighted by Crippen LogP contribution is -2.14. The van der Waals surface area contributed by atoms with E-state index in [1.54, 1.807) is 0 Å². The number of anilines is 1. The predicted octanol–water partition coefficient (Wildman–Crippen LogP) is 3.10. The van der Waals surface area contributed by atoms with Gasteiger partial charge in [0.05, 0.1) is 11.4 Å². The Morgan fingerprint density at radius 3 is 2.88 bits per heavy atom. The third-order valence-electron chi connectivity index (χ3n) is 2.35. The minimum absolute atomic E-state index is 0.711. The van der Waals surface area contributed by atoms with Crippen molar-refractivity contribution < 1.29 is 9.21 Å². The highest BCUT2D eigenvalue weighted by Crippen LogP contribution is 2.22. The Bertz CT molecular complexity index is 487. The highest BCUT2D eigenvalue weighted by molar-refractivity contribution is 7.12. The third-order valence-corrected chi connectivity index (χ3v) is 3.20. The molecule has 0 aromatic carbocycles. The van der Waals surface area contributed by atoms with Gasteiger partial charge in [-0.25, -0.2) is 0 Å². The van der Waals surface area contributed by atoms with Gasteiger partial charge in [-0.2, -0.15) is 0 Å². The number of nitrogens with zero attached hydrogens (tertiary/aromatic N) is 1. The molecule has 2 rings (SSSR count). The summed E-state index contributed by atoms with van der Waals surface area (Å²) < 4.78 is 5.50. The first-order valence-electron chi connectivity index (χ1n) is 4.99. The summed E-state index contributed by atoms with van der Waals surface area (Å²) in [6.45, 7) is 2.64. The molecule has 2 aromatic rings. The Hall–Kier alpha value is -1.55. The van der Waals surface area contributed by atoms with E-state index < -0.39 is 0 Å². The monoisotopic (exact) mass is 235 g/mol. The summed E-state index contributed by atoms with van der Waals surface area (Å²) in [6.07, 6.45) is 0.874. The SMILES string of the molecule is Cc1ccc(CN(C)c2csc(C=O)c2)o1. The van der Waals surface area contributed by atoms with Gasteiger partial charge in [-0.15, -0.1) is 11.3 Å². The highest BCUT2D eigenvalue weighted by atomic mass is 32.1. The molecule has 4 heteroatoms. The largest absolute Gasteiger partial charge is 0.464 e. The number of aryl methyl sites for hydroxylation is 1. The van der Waals surface area contributed by atoms with Crippen LogP contribution in [0.1, 0.15) is 21.2 Å². The minimum Gasteiger partial charge on any atom is -0.464 e. The molecule has 0 saturated heterocycles. The Balaban J connectivity index is 2.07. The quantitative estimate of drug-likeness (QED) is 0.763. The zero-order valence-corrected chi connectivity index (χ0v) is 10.1. The normalized spacial score (nSPS) is 10.4. The fourth-order valence-corrected chi connectivity index (χ4v) is 2.25. The second-order valence-corrected chi connectivity index (χ2v) is 4.64. The molecule has 0 aliphatic rings. The van der Waals surface area contributed by atoms with Crippen LogP contribution < -0.4 is 4.90 Å². The average Bonchev–Trinajstić information content (AvgIpc) is 2.87. The Morgan fingerprint density at radius 1 is 1.50 bits per heavy atom. The number of hydrogen-bond donors (Lipinski definition) is 0. The second kappa shape index (κ2) is 4.53. The van der Waals surface area contributed by atoms with Gasteiger partial charge >= 0.3 is 0 Å². The summed E-state index contributed by atoms with van der Waals surface area (Å²) in [4.78, 5) is 13.4. The molecule has 0 aliphatic heterocycles. The second-order valence-electron chi connectivity index (χ2n) is 3.69. The molecule has 0 unspecified atom stereocenters. The Labute approximate surface area is 98.3 Å². The summed E-state index contributed by atoms with van der Waals surface area (Å²) in [5.41, 5.74) is 1.04. The van der Waals surface area contributed by atoms with Crippen LogP contribution in [0.15, 0.2) is 28.0 Å². The van der Waals surface area contributed by atoms with Crippen LogP contribution in [0.4, 0.5) is 5.69 Å². The van der Waals surface area contributed by atoms with E-state index in [0.717, 1.165) is 28.4 Å². The molecule has 84 valence electrons. The number of furan rings is 1. The van der Waals surface area contributed by atoms with Crippen LogP contribution in [-0.4, -0.2) is 13.3 Å². The predicted molar refractivity (Wildman–Crippen MR) is 65.3 cm³/mol. The van der Waals surface area contributed by atoms with Crippen molar-refractivity contribution in [3.05, 3.63) is 40.0 Å². The van der Waals surface area contributed by atoms with Gasteiger partial charge in [0.15, 0.2) is 6.29 Å². The molecule has 2 aromatic heterocycles. The van der Waals surface area contributed by atoms with Crippen molar-refractivity contribution in [2.45, 2.75) is 13.5 Å². The van der Waals surface area contributed by atoms with Crippen molar-refractivity contribution in [1.29, 1.82) is 0 Å². The van der Waals surface area contributed by atoms with E-state index in [0.29, 0.717) is 6.54 Å². The van der Waals surface area contributed by atoms with E-state index in [1.807, 2.05) is 37.6 Å². The summed E-state index contributed by atoms with van der Waals surface area (Å²) in [5, 5.41) is 1.97. The molecule has 0 atom stereocenters. The van der Waals surface area contributed by atoms with Crippen molar-refractivity contribution in [3.8, 4) is 0 Å². The van der Waals surface area contributed by atoms with Gasteiger partial charge in [-0.3, -0.25) is 4.79 Å². The maximum Gasteiger partial charge on any atom is 0.160 e. The fourth-order valence-electron chi connectivity index (χ4n) is 1.50. The van der Waals surface area contributed by atoms with Crippen LogP contribution in [0, 0.1) is 6.92 Å². The van der Waals surface area contributed by atoms with Crippen LogP contribution in [0.2, 0.25) is 0 Å². The number of aldehydes is 1. The number of carbonyl (C=O) groups excluding carboxylic acids is 1. The summed E-state index contributed by atoms with van der Waals surface area (Å²) in [7, 11) is 1.98. The van der Waals surface area contributed by atoms with E-state index in [2.05, 4.69) is 4.90 Å². The molecule has 0 saturated carbocycles. The van der Waals surface area contributed by atoms with Crippen LogP contribution in [0.5, 0.6) is 0 Å². The molecule has 0 amide bonds. The molecular formula is C12H13NO2S. The fraction of sp³-hybridized carbons (Fsp3) is 0.250. The van der Waals surface area contributed by atoms with Crippen LogP contribution in [0.25, 0.3) is 0 Å². The lowest BCUT2D eigenvalue weighted by molar-refractivity contribution is 0.112. The summed E-state index contributed by atoms with van der Waals surface area (Å²) in [5.74, 6) is 1.85. The molecule has 16 heavy (non-hydrogen) atoms. The maximum absolute atomic E-state index is 10.6. The maximum atomic E-state index is 10.6. The van der Waals surface area contributed by atoms with E-state index >= 15 is 0 Å². The summed E-state index contributed by atoms with van der Waals surface area (Å²) >= 11 is 1.45. The van der Waals surface area contributed by atoms with Crippen molar-refractivity contribution in [3.63, 3.8) is 0 Å². The van der Waals surface area contributed by atoms with Gasteiger partial charge in [0.2, 0.25) is 0 Å². The van der Waals surface area contributed by atoms with E-state index in [-0.39, 0.29) is 0 Å². The van der Waals surface area contributed by atoms with Crippen LogP contribution >= 0.6 is 11.3 Å². The van der Waals surface area contributed by atoms with Gasteiger partial charge in [-0.1, -0.05) is 0 Å². The van der Waals surface area contributed by atoms with Gasteiger partial charge < -0.3 is 9.32 Å². The van der Waals surface area contributed by atoms with Gasteiger partial charge in [0.25, 0.3) is 0 Å². The van der Waals surface area contributed by atoms with Crippen molar-refractivity contribution in [2.24, 2.45) is 0 Å². The minimum atomic E-state index is 0.711. The lowest BCUT2D eigenvalue weighted by atomic mass is 10.3. The topological polar surface area (TPSA) is 33.5 Å². The van der Waals surface area contributed by atoms with Gasteiger partial charge in [0, 0.05) is 18.1 Å². The lowest BCUT2D eigenvalue weighted by Gasteiger charge is -2.15. The Kier molecular flexibility index (Phi) is 3.10. The van der Waals surface area contributed by atoms with E-state index in [1.165, 1.54) is 11.3 Å². The van der Waals surface area contributed by atoms with Crippen LogP contribution in [-0.2, 0) is 6.54 Å². The molecule has 0 N–H and O–H groups in total. The van der Waals surface area contributed by atoms with Crippen LogP contribution in [0.3, 0.4) is 0 Å². The molecule has 0 aliphatic carbocycles. The number of hydrogen-bond acceptors (Lipinski definition) is 4. The average molecular weight is 235 g/mol. The molecule has 2 heterocycles. The molecular weight excluding hydrogens is 222 g/mol. The first-order valence-corrected chi connectivity index (χ1v) is 5.87. The number of rotatable bonds is 4. The van der Waals surface area contributed by atoms with Crippen molar-refractivity contribution in [1.82, 2.24) is 0 Å². The standard InChI is InChI=1S/C12H13NO2S/c1-9-3-4-11(15-9)6-13(2)10-5-12(7-14)16-8-10/h3-5,7-8H,6H2,1-2H3. The molecule has 0 radical (unpaired) electrons. The molecule has 0 fully saturated rings. The first kappa shape index (κ1) is 11.0. The molecule has 0 bridgehead atoms. The molecule has 0 spiro atoms. The van der Waals surface area contributed by atoms with E-state index in [4.69, 9.17) is 4.42 Å².